The molecule has 0 saturated heterocycles. The molecule has 0 radical (unpaired) electrons. The van der Waals surface area contributed by atoms with Gasteiger partial charge in [-0.2, -0.15) is 0 Å². The number of rotatable bonds is 2. The van der Waals surface area contributed by atoms with Crippen molar-refractivity contribution in [3.05, 3.63) is 18.0 Å². The number of hydrogen-bond acceptors (Lipinski definition) is 3. The molecule has 0 spiro atoms. The van der Waals surface area contributed by atoms with Gasteiger partial charge < -0.3 is 10.3 Å². The fourth-order valence-corrected chi connectivity index (χ4v) is 1.32. The largest absolute Gasteiger partial charge is 0.373 e. The summed E-state index contributed by atoms with van der Waals surface area (Å²) in [6, 6.07) is 3.93. The Morgan fingerprint density at radius 2 is 2.07 bits per heavy atom. The summed E-state index contributed by atoms with van der Waals surface area (Å²) >= 11 is 0. The van der Waals surface area contributed by atoms with Gasteiger partial charge in [-0.05, 0) is 12.1 Å². The molecule has 4 nitrogen and oxygen atoms in total. The number of nitrogens with zero attached hydrogens (tertiary/aromatic N) is 2. The van der Waals surface area contributed by atoms with Crippen LogP contribution in [0.2, 0.25) is 0 Å². The lowest BCUT2D eigenvalue weighted by Gasteiger charge is -1.95. The molecule has 0 amide bonds. The third kappa shape index (κ3) is 1.43. The molecule has 0 aliphatic carbocycles. The Morgan fingerprint density at radius 3 is 2.71 bits per heavy atom. The quantitative estimate of drug-likeness (QED) is 0.762. The number of aromatic nitrogens is 3. The number of anilines is 1. The molecular weight excluding hydrogens is 176 g/mol. The molecule has 2 heterocycles. The summed E-state index contributed by atoms with van der Waals surface area (Å²) in [4.78, 5) is 12.0. The Balaban J connectivity index is 2.54. The van der Waals surface area contributed by atoms with Crippen molar-refractivity contribution in [1.82, 2.24) is 15.0 Å². The number of fused-ring (bicyclic) bond motifs is 1. The minimum atomic E-state index is 0.405. The molecule has 14 heavy (non-hydrogen) atoms. The van der Waals surface area contributed by atoms with Crippen molar-refractivity contribution in [2.24, 2.45) is 0 Å². The maximum absolute atomic E-state index is 4.41. The number of pyridine rings is 1. The highest BCUT2D eigenvalue weighted by Crippen LogP contribution is 2.16. The highest BCUT2D eigenvalue weighted by atomic mass is 15.0. The first-order valence-corrected chi connectivity index (χ1v) is 4.75. The van der Waals surface area contributed by atoms with Gasteiger partial charge in [0.2, 0.25) is 0 Å². The summed E-state index contributed by atoms with van der Waals surface area (Å²) in [7, 11) is 1.85. The van der Waals surface area contributed by atoms with Crippen LogP contribution in [0.1, 0.15) is 25.6 Å². The van der Waals surface area contributed by atoms with E-state index in [9.17, 15) is 0 Å². The van der Waals surface area contributed by atoms with Crippen molar-refractivity contribution in [2.45, 2.75) is 19.8 Å². The molecule has 0 aliphatic rings. The van der Waals surface area contributed by atoms with Gasteiger partial charge in [0.15, 0.2) is 5.65 Å². The van der Waals surface area contributed by atoms with Crippen LogP contribution >= 0.6 is 0 Å². The molecule has 4 heteroatoms. The minimum Gasteiger partial charge on any atom is -0.373 e. The highest BCUT2D eigenvalue weighted by Gasteiger charge is 2.07. The minimum absolute atomic E-state index is 0.405. The van der Waals surface area contributed by atoms with Crippen LogP contribution in [0.3, 0.4) is 0 Å². The maximum Gasteiger partial charge on any atom is 0.179 e. The molecule has 0 unspecified atom stereocenters. The van der Waals surface area contributed by atoms with Crippen LogP contribution in [-0.2, 0) is 0 Å². The van der Waals surface area contributed by atoms with Crippen LogP contribution in [0.4, 0.5) is 5.82 Å². The van der Waals surface area contributed by atoms with Gasteiger partial charge in [-0.25, -0.2) is 9.97 Å². The zero-order valence-electron chi connectivity index (χ0n) is 8.63. The smallest absolute Gasteiger partial charge is 0.179 e. The standard InChI is InChI=1S/C10H14N4/c1-6(2)9-12-7-4-5-8(11-3)13-10(7)14-9/h4-6H,1-3H3,(H2,11,12,13,14). The maximum atomic E-state index is 4.41. The van der Waals surface area contributed by atoms with Crippen molar-refractivity contribution in [3.8, 4) is 0 Å². The van der Waals surface area contributed by atoms with E-state index in [1.807, 2.05) is 19.2 Å². The molecule has 2 rings (SSSR count). The average molecular weight is 190 g/mol. The molecular formula is C10H14N4. The van der Waals surface area contributed by atoms with Crippen molar-refractivity contribution in [3.63, 3.8) is 0 Å². The van der Waals surface area contributed by atoms with Crippen molar-refractivity contribution < 1.29 is 0 Å². The zero-order valence-corrected chi connectivity index (χ0v) is 8.63. The van der Waals surface area contributed by atoms with Crippen LogP contribution in [0.5, 0.6) is 0 Å². The zero-order chi connectivity index (χ0) is 10.1. The van der Waals surface area contributed by atoms with Gasteiger partial charge in [-0.3, -0.25) is 0 Å². The van der Waals surface area contributed by atoms with Crippen molar-refractivity contribution >= 4 is 17.0 Å². The lowest BCUT2D eigenvalue weighted by molar-refractivity contribution is 0.798. The monoisotopic (exact) mass is 190 g/mol. The second kappa shape index (κ2) is 3.29. The average Bonchev–Trinajstić information content (AvgIpc) is 2.59. The second-order valence-corrected chi connectivity index (χ2v) is 3.59. The number of imidazole rings is 1. The van der Waals surface area contributed by atoms with Crippen molar-refractivity contribution in [2.75, 3.05) is 12.4 Å². The van der Waals surface area contributed by atoms with E-state index >= 15 is 0 Å². The molecule has 2 aromatic heterocycles. The molecule has 0 saturated carbocycles. The summed E-state index contributed by atoms with van der Waals surface area (Å²) in [5.74, 6) is 2.24. The second-order valence-electron chi connectivity index (χ2n) is 3.59. The summed E-state index contributed by atoms with van der Waals surface area (Å²) in [5.41, 5.74) is 1.77. The first-order valence-electron chi connectivity index (χ1n) is 4.75. The first kappa shape index (κ1) is 8.99. The van der Waals surface area contributed by atoms with Crippen LogP contribution < -0.4 is 5.32 Å². The number of H-pyrrole nitrogens is 1. The predicted molar refractivity (Wildman–Crippen MR) is 57.5 cm³/mol. The number of hydrogen-bond donors (Lipinski definition) is 2. The Bertz CT molecular complexity index is 444. The van der Waals surface area contributed by atoms with Crippen molar-refractivity contribution in [1.29, 1.82) is 0 Å². The third-order valence-electron chi connectivity index (χ3n) is 2.17. The third-order valence-corrected chi connectivity index (χ3v) is 2.17. The summed E-state index contributed by atoms with van der Waals surface area (Å²) in [6.07, 6.45) is 0. The van der Waals surface area contributed by atoms with Gasteiger partial charge in [-0.1, -0.05) is 13.8 Å². The van der Waals surface area contributed by atoms with Crippen LogP contribution in [0, 0.1) is 0 Å². The lowest BCUT2D eigenvalue weighted by atomic mass is 10.2. The van der Waals surface area contributed by atoms with E-state index in [0.717, 1.165) is 22.8 Å². The van der Waals surface area contributed by atoms with E-state index in [2.05, 4.69) is 34.1 Å². The summed E-state index contributed by atoms with van der Waals surface area (Å²) in [5, 5.41) is 2.99. The fraction of sp³-hybridized carbons (Fsp3) is 0.400. The van der Waals surface area contributed by atoms with E-state index in [0.29, 0.717) is 5.92 Å². The molecule has 0 bridgehead atoms. The normalized spacial score (nSPS) is 11.1. The fourth-order valence-electron chi connectivity index (χ4n) is 1.32. The van der Waals surface area contributed by atoms with Gasteiger partial charge >= 0.3 is 0 Å². The number of aromatic amines is 1. The lowest BCUT2D eigenvalue weighted by Crippen LogP contribution is -1.91. The first-order chi connectivity index (χ1) is 6.70. The number of nitrogens with one attached hydrogen (secondary N) is 2. The van der Waals surface area contributed by atoms with E-state index in [4.69, 9.17) is 0 Å². The SMILES string of the molecule is CNc1ccc2[nH]c(C(C)C)nc2n1. The molecule has 2 N–H and O–H groups in total. The summed E-state index contributed by atoms with van der Waals surface area (Å²) < 4.78 is 0. The van der Waals surface area contributed by atoms with Crippen LogP contribution in [-0.4, -0.2) is 22.0 Å². The topological polar surface area (TPSA) is 53.6 Å². The van der Waals surface area contributed by atoms with Crippen LogP contribution in [0.25, 0.3) is 11.2 Å². The molecule has 74 valence electrons. The van der Waals surface area contributed by atoms with Gasteiger partial charge in [0.1, 0.15) is 11.6 Å². The van der Waals surface area contributed by atoms with Crippen LogP contribution in [0.15, 0.2) is 12.1 Å². The molecule has 0 aliphatic heterocycles. The van der Waals surface area contributed by atoms with E-state index in [-0.39, 0.29) is 0 Å². The van der Waals surface area contributed by atoms with Gasteiger partial charge in [-0.15, -0.1) is 0 Å². The van der Waals surface area contributed by atoms with Gasteiger partial charge in [0.25, 0.3) is 0 Å². The Kier molecular flexibility index (Phi) is 2.11. The Morgan fingerprint density at radius 1 is 1.29 bits per heavy atom. The predicted octanol–water partition coefficient (Wildman–Crippen LogP) is 2.12. The molecule has 0 fully saturated rings. The Labute approximate surface area is 82.8 Å². The van der Waals surface area contributed by atoms with Gasteiger partial charge in [0.05, 0.1) is 5.52 Å². The van der Waals surface area contributed by atoms with E-state index < -0.39 is 0 Å². The molecule has 2 aromatic rings. The van der Waals surface area contributed by atoms with Gasteiger partial charge in [0, 0.05) is 13.0 Å². The summed E-state index contributed by atoms with van der Waals surface area (Å²) in [6.45, 7) is 4.22. The molecule has 0 aromatic carbocycles. The van der Waals surface area contributed by atoms with E-state index in [1.165, 1.54) is 0 Å². The highest BCUT2D eigenvalue weighted by molar-refractivity contribution is 5.72. The van der Waals surface area contributed by atoms with E-state index in [1.54, 1.807) is 0 Å². The Hall–Kier alpha value is -1.58. The molecule has 0 atom stereocenters.